The van der Waals surface area contributed by atoms with E-state index < -0.39 is 12.0 Å². The standard InChI is InChI=1S/C33H34F2N4O4/c1-20-16-27(38-30(17-20)39-29-18-22(31(34)35)14-15-36-29)23-6-13-28(37-19-23)33(2,41)24-7-4-21(5-8-24)32(40)43-26-11-9-25(42-3)10-12-26/h6,9-19,21,24,31,41H,4-5,7-8H2,1-3H3,(H,36,38,39)/t21-,24-,33-/m1/s1. The Morgan fingerprint density at radius 1 is 0.977 bits per heavy atom. The second-order valence-electron chi connectivity index (χ2n) is 11.0. The fourth-order valence-electron chi connectivity index (χ4n) is 5.45. The third-order valence-corrected chi connectivity index (χ3v) is 7.97. The second-order valence-corrected chi connectivity index (χ2v) is 11.0. The predicted octanol–water partition coefficient (Wildman–Crippen LogP) is 7.16. The van der Waals surface area contributed by atoms with Crippen molar-refractivity contribution in [2.24, 2.45) is 11.8 Å². The first-order valence-electron chi connectivity index (χ1n) is 14.2. The summed E-state index contributed by atoms with van der Waals surface area (Å²) in [6.45, 7) is 3.68. The number of carbonyl (C=O) groups excluding carboxylic acids is 1. The van der Waals surface area contributed by atoms with E-state index >= 15 is 0 Å². The van der Waals surface area contributed by atoms with Crippen LogP contribution in [-0.4, -0.2) is 33.1 Å². The molecule has 0 aliphatic heterocycles. The lowest BCUT2D eigenvalue weighted by Gasteiger charge is -2.37. The Morgan fingerprint density at radius 3 is 2.35 bits per heavy atom. The summed E-state index contributed by atoms with van der Waals surface area (Å²) in [5, 5.41) is 14.5. The molecule has 1 saturated carbocycles. The molecule has 1 atom stereocenters. The summed E-state index contributed by atoms with van der Waals surface area (Å²) in [7, 11) is 1.58. The van der Waals surface area contributed by atoms with Crippen molar-refractivity contribution >= 4 is 17.6 Å². The molecule has 4 aromatic rings. The molecule has 10 heteroatoms. The van der Waals surface area contributed by atoms with Crippen LogP contribution in [0.2, 0.25) is 0 Å². The highest BCUT2D eigenvalue weighted by molar-refractivity contribution is 5.75. The zero-order chi connectivity index (χ0) is 30.6. The lowest BCUT2D eigenvalue weighted by atomic mass is 9.73. The lowest BCUT2D eigenvalue weighted by Crippen LogP contribution is -2.37. The summed E-state index contributed by atoms with van der Waals surface area (Å²) < 4.78 is 36.9. The Hall–Kier alpha value is -4.44. The Kier molecular flexibility index (Phi) is 8.96. The van der Waals surface area contributed by atoms with Crippen molar-refractivity contribution in [2.45, 2.75) is 51.6 Å². The van der Waals surface area contributed by atoms with Crippen molar-refractivity contribution in [3.05, 3.63) is 89.9 Å². The Balaban J connectivity index is 1.22. The number of halogens is 2. The van der Waals surface area contributed by atoms with E-state index in [4.69, 9.17) is 9.47 Å². The van der Waals surface area contributed by atoms with Crippen LogP contribution in [0.15, 0.2) is 73.1 Å². The van der Waals surface area contributed by atoms with E-state index in [0.29, 0.717) is 54.4 Å². The van der Waals surface area contributed by atoms with Gasteiger partial charge in [0.15, 0.2) is 0 Å². The van der Waals surface area contributed by atoms with Gasteiger partial charge in [-0.2, -0.15) is 0 Å². The Morgan fingerprint density at radius 2 is 1.70 bits per heavy atom. The molecule has 0 bridgehead atoms. The van der Waals surface area contributed by atoms with Gasteiger partial charge in [0, 0.05) is 23.5 Å². The fraction of sp³-hybridized carbons (Fsp3) is 0.333. The van der Waals surface area contributed by atoms with Gasteiger partial charge in [-0.3, -0.25) is 9.78 Å². The number of benzene rings is 1. The quantitative estimate of drug-likeness (QED) is 0.157. The number of hydrogen-bond acceptors (Lipinski definition) is 8. The average molecular weight is 589 g/mol. The van der Waals surface area contributed by atoms with Gasteiger partial charge in [-0.1, -0.05) is 0 Å². The number of rotatable bonds is 9. The van der Waals surface area contributed by atoms with Gasteiger partial charge >= 0.3 is 5.97 Å². The molecule has 1 aliphatic carbocycles. The minimum Gasteiger partial charge on any atom is -0.497 e. The molecule has 3 aromatic heterocycles. The highest BCUT2D eigenvalue weighted by atomic mass is 19.3. The molecule has 1 aliphatic rings. The smallest absolute Gasteiger partial charge is 0.314 e. The molecule has 0 saturated heterocycles. The molecule has 3 heterocycles. The number of nitrogens with zero attached hydrogens (tertiary/aromatic N) is 3. The van der Waals surface area contributed by atoms with Crippen LogP contribution in [0.3, 0.4) is 0 Å². The molecule has 8 nitrogen and oxygen atoms in total. The number of ether oxygens (including phenoxy) is 2. The van der Waals surface area contributed by atoms with Crippen LogP contribution in [0.4, 0.5) is 20.4 Å². The molecule has 0 amide bonds. The number of aliphatic hydroxyl groups is 1. The van der Waals surface area contributed by atoms with Gasteiger partial charge in [0.2, 0.25) is 0 Å². The van der Waals surface area contributed by atoms with Crippen molar-refractivity contribution in [1.82, 2.24) is 15.0 Å². The van der Waals surface area contributed by atoms with Gasteiger partial charge < -0.3 is 19.9 Å². The van der Waals surface area contributed by atoms with Crippen LogP contribution in [0.1, 0.15) is 55.9 Å². The largest absolute Gasteiger partial charge is 0.497 e. The van der Waals surface area contributed by atoms with E-state index in [1.807, 2.05) is 19.1 Å². The van der Waals surface area contributed by atoms with Crippen LogP contribution in [-0.2, 0) is 10.4 Å². The molecule has 224 valence electrons. The SMILES string of the molecule is COc1ccc(OC(=O)[C@H]2CC[C@H]([C@@](C)(O)c3ccc(-c4cc(C)cc(Nc5cc(C(F)F)ccn5)n4)cn3)CC2)cc1. The van der Waals surface area contributed by atoms with Crippen molar-refractivity contribution < 1.29 is 28.2 Å². The number of nitrogens with one attached hydrogen (secondary N) is 1. The number of alkyl halides is 2. The zero-order valence-electron chi connectivity index (χ0n) is 24.3. The third-order valence-electron chi connectivity index (χ3n) is 7.97. The maximum Gasteiger partial charge on any atom is 0.314 e. The molecule has 0 radical (unpaired) electrons. The maximum absolute atomic E-state index is 13.1. The fourth-order valence-corrected chi connectivity index (χ4v) is 5.45. The van der Waals surface area contributed by atoms with E-state index in [2.05, 4.69) is 20.3 Å². The number of esters is 1. The van der Waals surface area contributed by atoms with Crippen molar-refractivity contribution in [1.29, 1.82) is 0 Å². The van der Waals surface area contributed by atoms with Crippen molar-refractivity contribution in [3.63, 3.8) is 0 Å². The van der Waals surface area contributed by atoms with Crippen LogP contribution >= 0.6 is 0 Å². The topological polar surface area (TPSA) is 106 Å². The van der Waals surface area contributed by atoms with Gasteiger partial charge in [0.25, 0.3) is 6.43 Å². The molecular weight excluding hydrogens is 554 g/mol. The number of aromatic nitrogens is 3. The number of pyridine rings is 3. The third kappa shape index (κ3) is 7.14. The first-order chi connectivity index (χ1) is 20.6. The number of aryl methyl sites for hydroxylation is 1. The molecule has 0 spiro atoms. The molecular formula is C33H34F2N4O4. The first kappa shape index (κ1) is 30.0. The number of methoxy groups -OCH3 is 1. The summed E-state index contributed by atoms with van der Waals surface area (Å²) >= 11 is 0. The Bertz CT molecular complexity index is 1550. The molecule has 1 aromatic carbocycles. The molecule has 0 unspecified atom stereocenters. The van der Waals surface area contributed by atoms with Crippen LogP contribution < -0.4 is 14.8 Å². The summed E-state index contributed by atoms with van der Waals surface area (Å²) in [6.07, 6.45) is 2.96. The average Bonchev–Trinajstić information content (AvgIpc) is 3.01. The van der Waals surface area contributed by atoms with Gasteiger partial charge in [-0.05, 0) is 112 Å². The van der Waals surface area contributed by atoms with E-state index in [9.17, 15) is 18.7 Å². The summed E-state index contributed by atoms with van der Waals surface area (Å²) in [4.78, 5) is 26.1. The summed E-state index contributed by atoms with van der Waals surface area (Å²) in [5.41, 5.74) is 1.53. The minimum atomic E-state index is -2.59. The maximum atomic E-state index is 13.1. The Labute approximate surface area is 249 Å². The number of hydrogen-bond donors (Lipinski definition) is 2. The van der Waals surface area contributed by atoms with Crippen LogP contribution in [0.5, 0.6) is 11.5 Å². The van der Waals surface area contributed by atoms with Gasteiger partial charge in [0.05, 0.1) is 24.4 Å². The summed E-state index contributed by atoms with van der Waals surface area (Å²) in [5.74, 6) is 1.35. The van der Waals surface area contributed by atoms with E-state index in [1.54, 1.807) is 56.6 Å². The minimum absolute atomic E-state index is 0.0692. The normalized spacial score (nSPS) is 18.1. The van der Waals surface area contributed by atoms with Gasteiger partial charge in [0.1, 0.15) is 28.7 Å². The zero-order valence-corrected chi connectivity index (χ0v) is 24.3. The van der Waals surface area contributed by atoms with E-state index in [1.165, 1.54) is 18.3 Å². The highest BCUT2D eigenvalue weighted by Crippen LogP contribution is 2.41. The first-order valence-corrected chi connectivity index (χ1v) is 14.2. The molecule has 43 heavy (non-hydrogen) atoms. The van der Waals surface area contributed by atoms with Crippen molar-refractivity contribution in [3.8, 4) is 22.8 Å². The summed E-state index contributed by atoms with van der Waals surface area (Å²) in [6, 6.07) is 16.8. The molecule has 5 rings (SSSR count). The predicted molar refractivity (Wildman–Crippen MR) is 158 cm³/mol. The van der Waals surface area contributed by atoms with Crippen LogP contribution in [0, 0.1) is 18.8 Å². The number of carbonyl (C=O) groups is 1. The van der Waals surface area contributed by atoms with Gasteiger partial charge in [-0.25, -0.2) is 18.7 Å². The van der Waals surface area contributed by atoms with E-state index in [0.717, 1.165) is 11.1 Å². The lowest BCUT2D eigenvalue weighted by molar-refractivity contribution is -0.141. The highest BCUT2D eigenvalue weighted by Gasteiger charge is 2.39. The molecule has 2 N–H and O–H groups in total. The second kappa shape index (κ2) is 12.8. The van der Waals surface area contributed by atoms with E-state index in [-0.39, 0.29) is 29.2 Å². The van der Waals surface area contributed by atoms with Crippen molar-refractivity contribution in [2.75, 3.05) is 12.4 Å². The van der Waals surface area contributed by atoms with Gasteiger partial charge in [-0.15, -0.1) is 0 Å². The van der Waals surface area contributed by atoms with Crippen LogP contribution in [0.25, 0.3) is 11.3 Å². The monoisotopic (exact) mass is 588 g/mol. The molecule has 1 fully saturated rings. The number of anilines is 2.